The van der Waals surface area contributed by atoms with Crippen molar-refractivity contribution in [1.29, 1.82) is 0 Å². The van der Waals surface area contributed by atoms with Gasteiger partial charge in [-0.3, -0.25) is 24.0 Å². The smallest absolute Gasteiger partial charge is 0.322 e. The Morgan fingerprint density at radius 1 is 0.923 bits per heavy atom. The summed E-state index contributed by atoms with van der Waals surface area (Å²) in [5, 5.41) is 25.4. The van der Waals surface area contributed by atoms with Crippen molar-refractivity contribution in [2.45, 2.75) is 43.8 Å². The van der Waals surface area contributed by atoms with Crippen molar-refractivity contribution in [3.8, 4) is 5.75 Å². The van der Waals surface area contributed by atoms with Crippen molar-refractivity contribution in [2.75, 3.05) is 19.6 Å². The molecule has 0 aliphatic carbocycles. The first-order valence-electron chi connectivity index (χ1n) is 12.6. The number of carboxylic acid groups (broad SMARTS) is 1. The van der Waals surface area contributed by atoms with E-state index in [1.807, 2.05) is 6.07 Å². The number of nitrogens with two attached hydrogens (primary N) is 1. The Balaban J connectivity index is 1.65. The number of phenols is 1. The van der Waals surface area contributed by atoms with Gasteiger partial charge in [-0.2, -0.15) is 0 Å². The molecule has 0 bridgehead atoms. The number of phenolic OH excluding ortho intramolecular Hbond substituents is 1. The molecule has 0 spiro atoms. The van der Waals surface area contributed by atoms with Crippen molar-refractivity contribution in [3.05, 3.63) is 65.7 Å². The lowest BCUT2D eigenvalue weighted by Gasteiger charge is -2.28. The number of likely N-dealkylation sites (tertiary alicyclic amines) is 1. The van der Waals surface area contributed by atoms with Gasteiger partial charge in [0.1, 0.15) is 24.4 Å². The van der Waals surface area contributed by atoms with Crippen LogP contribution in [0.3, 0.4) is 0 Å². The molecule has 1 aliphatic heterocycles. The molecule has 39 heavy (non-hydrogen) atoms. The van der Waals surface area contributed by atoms with Gasteiger partial charge in [-0.25, -0.2) is 0 Å². The average Bonchev–Trinajstić information content (AvgIpc) is 3.41. The number of hydrogen-bond acceptors (Lipinski definition) is 7. The monoisotopic (exact) mass is 539 g/mol. The Kier molecular flexibility index (Phi) is 10.4. The molecule has 0 saturated carbocycles. The number of aliphatic carboxylic acids is 1. The van der Waals surface area contributed by atoms with E-state index in [1.165, 1.54) is 17.0 Å². The second kappa shape index (κ2) is 13.9. The minimum atomic E-state index is -1.22. The maximum atomic E-state index is 13.3. The fraction of sp³-hybridized carbons (Fsp3) is 0.370. The molecular weight excluding hydrogens is 506 g/mol. The van der Waals surface area contributed by atoms with Crippen molar-refractivity contribution in [2.24, 2.45) is 5.73 Å². The first kappa shape index (κ1) is 29.1. The summed E-state index contributed by atoms with van der Waals surface area (Å²) in [7, 11) is 0. The number of carbonyl (C=O) groups excluding carboxylic acids is 4. The number of benzene rings is 2. The van der Waals surface area contributed by atoms with Crippen LogP contribution in [-0.4, -0.2) is 82.5 Å². The van der Waals surface area contributed by atoms with Crippen LogP contribution in [0.2, 0.25) is 0 Å². The first-order chi connectivity index (χ1) is 18.6. The SMILES string of the molecule is N[C@@H](Cc1ccc(O)cc1)C(=O)N1CCC[C@H]1C(=O)N[C@@H](Cc1ccccc1)C(=O)NCC(=O)NCC(=O)O. The second-order valence-corrected chi connectivity index (χ2v) is 9.31. The van der Waals surface area contributed by atoms with E-state index in [1.54, 1.807) is 36.4 Å². The molecule has 0 aromatic heterocycles. The molecule has 1 saturated heterocycles. The molecule has 2 aromatic rings. The number of carbonyl (C=O) groups is 5. The van der Waals surface area contributed by atoms with Gasteiger partial charge in [0, 0.05) is 13.0 Å². The van der Waals surface area contributed by atoms with Gasteiger partial charge < -0.3 is 36.8 Å². The standard InChI is InChI=1S/C27H33N5O7/c28-20(13-18-8-10-19(33)11-9-18)27(39)32-12-4-7-22(32)26(38)31-21(14-17-5-2-1-3-6-17)25(37)30-15-23(34)29-16-24(35)36/h1-3,5-6,8-11,20-22,33H,4,7,12-16,28H2,(H,29,34)(H,30,37)(H,31,38)(H,35,36)/t20-,21-,22-/m0/s1. The Morgan fingerprint density at radius 3 is 2.26 bits per heavy atom. The normalized spacial score (nSPS) is 16.1. The van der Waals surface area contributed by atoms with Crippen LogP contribution in [0.15, 0.2) is 54.6 Å². The van der Waals surface area contributed by atoms with E-state index in [0.29, 0.717) is 19.4 Å². The minimum absolute atomic E-state index is 0.102. The summed E-state index contributed by atoms with van der Waals surface area (Å²) in [4.78, 5) is 63.3. The van der Waals surface area contributed by atoms with E-state index in [-0.39, 0.29) is 24.5 Å². The molecule has 1 heterocycles. The highest BCUT2D eigenvalue weighted by atomic mass is 16.4. The largest absolute Gasteiger partial charge is 0.508 e. The Hall–Kier alpha value is -4.45. The molecule has 12 heteroatoms. The van der Waals surface area contributed by atoms with Gasteiger partial charge in [-0.15, -0.1) is 0 Å². The zero-order valence-corrected chi connectivity index (χ0v) is 21.3. The molecular formula is C27H33N5O7. The molecule has 1 fully saturated rings. The van der Waals surface area contributed by atoms with E-state index in [0.717, 1.165) is 11.1 Å². The van der Waals surface area contributed by atoms with Crippen LogP contribution in [-0.2, 0) is 36.8 Å². The zero-order chi connectivity index (χ0) is 28.4. The summed E-state index contributed by atoms with van der Waals surface area (Å²) in [6, 6.07) is 12.6. The number of nitrogens with zero attached hydrogens (tertiary/aromatic N) is 1. The third-order valence-electron chi connectivity index (χ3n) is 6.32. The van der Waals surface area contributed by atoms with Gasteiger partial charge in [0.15, 0.2) is 0 Å². The fourth-order valence-corrected chi connectivity index (χ4v) is 4.34. The number of rotatable bonds is 12. The third kappa shape index (κ3) is 8.82. The van der Waals surface area contributed by atoms with Crippen LogP contribution in [0, 0.1) is 0 Å². The molecule has 12 nitrogen and oxygen atoms in total. The summed E-state index contributed by atoms with van der Waals surface area (Å²) in [6.07, 6.45) is 1.36. The predicted molar refractivity (Wildman–Crippen MR) is 140 cm³/mol. The lowest BCUT2D eigenvalue weighted by Crippen LogP contribution is -2.56. The van der Waals surface area contributed by atoms with Gasteiger partial charge in [-0.1, -0.05) is 42.5 Å². The fourth-order valence-electron chi connectivity index (χ4n) is 4.34. The maximum absolute atomic E-state index is 13.3. The Morgan fingerprint density at radius 2 is 1.59 bits per heavy atom. The number of aromatic hydroxyl groups is 1. The van der Waals surface area contributed by atoms with Crippen LogP contribution in [0.4, 0.5) is 0 Å². The lowest BCUT2D eigenvalue weighted by molar-refractivity contribution is -0.140. The Bertz CT molecular complexity index is 1170. The van der Waals surface area contributed by atoms with E-state index < -0.39 is 54.9 Å². The highest BCUT2D eigenvalue weighted by molar-refractivity contribution is 5.94. The summed E-state index contributed by atoms with van der Waals surface area (Å²) in [5.41, 5.74) is 7.70. The van der Waals surface area contributed by atoms with E-state index >= 15 is 0 Å². The molecule has 4 amide bonds. The van der Waals surface area contributed by atoms with Crippen LogP contribution in [0.25, 0.3) is 0 Å². The molecule has 0 unspecified atom stereocenters. The van der Waals surface area contributed by atoms with Crippen LogP contribution in [0.5, 0.6) is 5.75 Å². The summed E-state index contributed by atoms with van der Waals surface area (Å²) >= 11 is 0. The summed E-state index contributed by atoms with van der Waals surface area (Å²) < 4.78 is 0. The van der Waals surface area contributed by atoms with Crippen molar-refractivity contribution < 1.29 is 34.2 Å². The van der Waals surface area contributed by atoms with Crippen LogP contribution < -0.4 is 21.7 Å². The highest BCUT2D eigenvalue weighted by Crippen LogP contribution is 2.20. The predicted octanol–water partition coefficient (Wildman–Crippen LogP) is -0.702. The summed E-state index contributed by atoms with van der Waals surface area (Å²) in [5.74, 6) is -3.33. The van der Waals surface area contributed by atoms with Crippen LogP contribution in [0.1, 0.15) is 24.0 Å². The maximum Gasteiger partial charge on any atom is 0.322 e. The quantitative estimate of drug-likeness (QED) is 0.204. The second-order valence-electron chi connectivity index (χ2n) is 9.31. The van der Waals surface area contributed by atoms with E-state index in [9.17, 15) is 29.1 Å². The molecule has 0 radical (unpaired) electrons. The lowest BCUT2D eigenvalue weighted by atomic mass is 10.0. The molecule has 3 rings (SSSR count). The molecule has 2 aromatic carbocycles. The third-order valence-corrected chi connectivity index (χ3v) is 6.32. The van der Waals surface area contributed by atoms with Crippen LogP contribution >= 0.6 is 0 Å². The Labute approximate surface area is 225 Å². The van der Waals surface area contributed by atoms with E-state index in [4.69, 9.17) is 10.8 Å². The zero-order valence-electron chi connectivity index (χ0n) is 21.3. The molecule has 1 aliphatic rings. The molecule has 208 valence electrons. The van der Waals surface area contributed by atoms with Gasteiger partial charge in [0.2, 0.25) is 23.6 Å². The number of nitrogens with one attached hydrogen (secondary N) is 3. The highest BCUT2D eigenvalue weighted by Gasteiger charge is 2.37. The first-order valence-corrected chi connectivity index (χ1v) is 12.6. The summed E-state index contributed by atoms with van der Waals surface area (Å²) in [6.45, 7) is -0.702. The minimum Gasteiger partial charge on any atom is -0.508 e. The topological polar surface area (TPSA) is 191 Å². The average molecular weight is 540 g/mol. The van der Waals surface area contributed by atoms with Gasteiger partial charge in [0.25, 0.3) is 0 Å². The molecule has 3 atom stereocenters. The van der Waals surface area contributed by atoms with E-state index in [2.05, 4.69) is 16.0 Å². The number of hydrogen-bond donors (Lipinski definition) is 6. The van der Waals surface area contributed by atoms with Crippen molar-refractivity contribution in [3.63, 3.8) is 0 Å². The van der Waals surface area contributed by atoms with Gasteiger partial charge >= 0.3 is 5.97 Å². The number of carboxylic acids is 1. The van der Waals surface area contributed by atoms with Crippen molar-refractivity contribution in [1.82, 2.24) is 20.9 Å². The van der Waals surface area contributed by atoms with Crippen molar-refractivity contribution >= 4 is 29.6 Å². The molecule has 7 N–H and O–H groups in total. The van der Waals surface area contributed by atoms with Gasteiger partial charge in [0.05, 0.1) is 12.6 Å². The van der Waals surface area contributed by atoms with Gasteiger partial charge in [-0.05, 0) is 42.5 Å². The number of amides is 4.